The second-order valence-corrected chi connectivity index (χ2v) is 5.01. The summed E-state index contributed by atoms with van der Waals surface area (Å²) in [7, 11) is 2.68. The number of hydrogen-bond acceptors (Lipinski definition) is 5. The molecular weight excluding hydrogens is 258 g/mol. The third-order valence-electron chi connectivity index (χ3n) is 3.81. The van der Waals surface area contributed by atoms with Gasteiger partial charge in [-0.05, 0) is 32.1 Å². The molecule has 2 rings (SSSR count). The highest BCUT2D eigenvalue weighted by molar-refractivity contribution is 6.07. The highest BCUT2D eigenvalue weighted by atomic mass is 16.5. The Balaban J connectivity index is 2.47. The SMILES string of the molecule is COC(=O)C1=CCCCC(N2CCCC2)=C1C(=O)OC. The van der Waals surface area contributed by atoms with E-state index < -0.39 is 11.9 Å². The Kier molecular flexibility index (Phi) is 4.82. The molecule has 0 atom stereocenters. The van der Waals surface area contributed by atoms with Gasteiger partial charge in [-0.25, -0.2) is 9.59 Å². The quantitative estimate of drug-likeness (QED) is 0.737. The molecule has 0 amide bonds. The molecule has 1 aliphatic carbocycles. The lowest BCUT2D eigenvalue weighted by molar-refractivity contribution is -0.139. The minimum absolute atomic E-state index is 0.346. The molecule has 0 aromatic heterocycles. The Bertz CT molecular complexity index is 458. The van der Waals surface area contributed by atoms with Crippen molar-refractivity contribution in [2.45, 2.75) is 32.1 Å². The minimum Gasteiger partial charge on any atom is -0.465 e. The number of hydrogen-bond donors (Lipinski definition) is 0. The summed E-state index contributed by atoms with van der Waals surface area (Å²) in [6.07, 6.45) is 6.52. The van der Waals surface area contributed by atoms with E-state index in [0.717, 1.165) is 50.9 Å². The molecule has 5 heteroatoms. The second kappa shape index (κ2) is 6.59. The summed E-state index contributed by atoms with van der Waals surface area (Å²) < 4.78 is 9.70. The Morgan fingerprint density at radius 1 is 1.05 bits per heavy atom. The number of allylic oxidation sites excluding steroid dienone is 2. The molecule has 0 aromatic rings. The van der Waals surface area contributed by atoms with Crippen LogP contribution in [-0.4, -0.2) is 44.1 Å². The van der Waals surface area contributed by atoms with Crippen LogP contribution in [0.2, 0.25) is 0 Å². The molecule has 5 nitrogen and oxygen atoms in total. The highest BCUT2D eigenvalue weighted by Gasteiger charge is 2.30. The van der Waals surface area contributed by atoms with E-state index in [1.807, 2.05) is 0 Å². The highest BCUT2D eigenvalue weighted by Crippen LogP contribution is 2.30. The maximum Gasteiger partial charge on any atom is 0.340 e. The van der Waals surface area contributed by atoms with Crippen molar-refractivity contribution in [1.29, 1.82) is 0 Å². The van der Waals surface area contributed by atoms with Crippen molar-refractivity contribution in [1.82, 2.24) is 4.90 Å². The summed E-state index contributed by atoms with van der Waals surface area (Å²) in [6, 6.07) is 0. The lowest BCUT2D eigenvalue weighted by Gasteiger charge is -2.24. The zero-order valence-corrected chi connectivity index (χ0v) is 12.1. The zero-order valence-electron chi connectivity index (χ0n) is 12.1. The summed E-state index contributed by atoms with van der Waals surface area (Å²) in [4.78, 5) is 26.3. The van der Waals surface area contributed by atoms with E-state index in [1.165, 1.54) is 14.2 Å². The lowest BCUT2D eigenvalue weighted by Crippen LogP contribution is -2.25. The number of ether oxygens (including phenoxy) is 2. The largest absolute Gasteiger partial charge is 0.465 e. The number of esters is 2. The van der Waals surface area contributed by atoms with Crippen LogP contribution in [0.1, 0.15) is 32.1 Å². The fourth-order valence-electron chi connectivity index (χ4n) is 2.83. The monoisotopic (exact) mass is 279 g/mol. The Morgan fingerprint density at radius 2 is 1.70 bits per heavy atom. The first-order valence-corrected chi connectivity index (χ1v) is 7.04. The van der Waals surface area contributed by atoms with E-state index in [4.69, 9.17) is 9.47 Å². The maximum atomic E-state index is 12.2. The van der Waals surface area contributed by atoms with Gasteiger partial charge in [0.1, 0.15) is 0 Å². The van der Waals surface area contributed by atoms with Crippen LogP contribution in [0.25, 0.3) is 0 Å². The topological polar surface area (TPSA) is 55.8 Å². The van der Waals surface area contributed by atoms with E-state index in [2.05, 4.69) is 4.90 Å². The number of carbonyl (C=O) groups excluding carboxylic acids is 2. The van der Waals surface area contributed by atoms with Crippen molar-refractivity contribution in [3.05, 3.63) is 22.9 Å². The molecule has 0 radical (unpaired) electrons. The number of carbonyl (C=O) groups is 2. The van der Waals surface area contributed by atoms with Crippen molar-refractivity contribution in [3.8, 4) is 0 Å². The van der Waals surface area contributed by atoms with Crippen LogP contribution in [0.4, 0.5) is 0 Å². The molecule has 0 bridgehead atoms. The van der Waals surface area contributed by atoms with Crippen molar-refractivity contribution < 1.29 is 19.1 Å². The van der Waals surface area contributed by atoms with Gasteiger partial charge in [0.15, 0.2) is 0 Å². The van der Waals surface area contributed by atoms with Crippen LogP contribution < -0.4 is 0 Å². The molecule has 1 fully saturated rings. The van der Waals surface area contributed by atoms with Gasteiger partial charge >= 0.3 is 11.9 Å². The normalized spacial score (nSPS) is 19.5. The van der Waals surface area contributed by atoms with Crippen LogP contribution in [-0.2, 0) is 19.1 Å². The van der Waals surface area contributed by atoms with Gasteiger partial charge in [0.2, 0.25) is 0 Å². The number of rotatable bonds is 3. The molecule has 1 aliphatic heterocycles. The summed E-state index contributed by atoms with van der Waals surface area (Å²) in [5.74, 6) is -0.922. The fraction of sp³-hybridized carbons (Fsp3) is 0.600. The third kappa shape index (κ3) is 2.86. The van der Waals surface area contributed by atoms with Crippen molar-refractivity contribution in [2.24, 2.45) is 0 Å². The number of likely N-dealkylation sites (tertiary alicyclic amines) is 1. The van der Waals surface area contributed by atoms with Gasteiger partial charge in [-0.1, -0.05) is 6.08 Å². The Hall–Kier alpha value is -1.78. The zero-order chi connectivity index (χ0) is 14.5. The van der Waals surface area contributed by atoms with Gasteiger partial charge < -0.3 is 14.4 Å². The summed E-state index contributed by atoms with van der Waals surface area (Å²) in [5, 5.41) is 0. The predicted molar refractivity (Wildman–Crippen MR) is 73.8 cm³/mol. The van der Waals surface area contributed by atoms with Gasteiger partial charge in [-0.15, -0.1) is 0 Å². The van der Waals surface area contributed by atoms with Gasteiger partial charge in [-0.2, -0.15) is 0 Å². The van der Waals surface area contributed by atoms with E-state index >= 15 is 0 Å². The molecule has 0 saturated carbocycles. The lowest BCUT2D eigenvalue weighted by atomic mass is 10.0. The average Bonchev–Trinajstić information content (AvgIpc) is 2.91. The molecule has 1 heterocycles. The van der Waals surface area contributed by atoms with Crippen LogP contribution >= 0.6 is 0 Å². The first kappa shape index (κ1) is 14.6. The van der Waals surface area contributed by atoms with E-state index in [-0.39, 0.29) is 0 Å². The molecule has 110 valence electrons. The van der Waals surface area contributed by atoms with Gasteiger partial charge in [-0.3, -0.25) is 0 Å². The molecule has 1 saturated heterocycles. The van der Waals surface area contributed by atoms with Crippen molar-refractivity contribution in [3.63, 3.8) is 0 Å². The maximum absolute atomic E-state index is 12.2. The molecule has 0 spiro atoms. The van der Waals surface area contributed by atoms with Gasteiger partial charge in [0.25, 0.3) is 0 Å². The first-order chi connectivity index (χ1) is 9.69. The smallest absolute Gasteiger partial charge is 0.340 e. The standard InChI is InChI=1S/C15H21NO4/c1-19-14(17)11-7-3-4-8-12(13(11)15(18)20-2)16-9-5-6-10-16/h7H,3-6,8-10H2,1-2H3. The van der Waals surface area contributed by atoms with E-state index in [1.54, 1.807) is 6.08 Å². The van der Waals surface area contributed by atoms with Crippen molar-refractivity contribution >= 4 is 11.9 Å². The molecule has 2 aliphatic rings. The molecule has 0 N–H and O–H groups in total. The summed E-state index contributed by atoms with van der Waals surface area (Å²) in [6.45, 7) is 1.87. The van der Waals surface area contributed by atoms with Gasteiger partial charge in [0.05, 0.1) is 25.4 Å². The second-order valence-electron chi connectivity index (χ2n) is 5.01. The van der Waals surface area contributed by atoms with E-state index in [9.17, 15) is 9.59 Å². The molecule has 20 heavy (non-hydrogen) atoms. The van der Waals surface area contributed by atoms with Crippen molar-refractivity contribution in [2.75, 3.05) is 27.3 Å². The molecule has 0 unspecified atom stereocenters. The molecular formula is C15H21NO4. The Labute approximate surface area is 119 Å². The fourth-order valence-corrected chi connectivity index (χ4v) is 2.83. The summed E-state index contributed by atoms with van der Waals surface area (Å²) in [5.41, 5.74) is 1.67. The molecule has 0 aromatic carbocycles. The minimum atomic E-state index is -0.469. The van der Waals surface area contributed by atoms with E-state index in [0.29, 0.717) is 11.1 Å². The number of methoxy groups -OCH3 is 2. The van der Waals surface area contributed by atoms with Crippen LogP contribution in [0.15, 0.2) is 22.9 Å². The predicted octanol–water partition coefficient (Wildman–Crippen LogP) is 1.79. The first-order valence-electron chi connectivity index (χ1n) is 7.04. The van der Waals surface area contributed by atoms with Crippen LogP contribution in [0.3, 0.4) is 0 Å². The summed E-state index contributed by atoms with van der Waals surface area (Å²) >= 11 is 0. The number of nitrogens with zero attached hydrogens (tertiary/aromatic N) is 1. The van der Waals surface area contributed by atoms with Crippen LogP contribution in [0.5, 0.6) is 0 Å². The Morgan fingerprint density at radius 3 is 2.30 bits per heavy atom. The van der Waals surface area contributed by atoms with Crippen LogP contribution in [0, 0.1) is 0 Å². The average molecular weight is 279 g/mol. The third-order valence-corrected chi connectivity index (χ3v) is 3.81. The van der Waals surface area contributed by atoms with Gasteiger partial charge in [0, 0.05) is 18.8 Å².